The summed E-state index contributed by atoms with van der Waals surface area (Å²) in [5.41, 5.74) is 0.969. The SMILES string of the molecule is C=CC[C@H]1OC(=C)[C@@H](OC)C[C@H]2C=C[C@H]3[C@H]4O[C@]2(/C(C)=C/[C@H]1C)[C@@H]3[C@H](O)[C@@H](C)[C@H]4OC(=O)C1=CC=CC1. The number of carbonyl (C=O) groups is 1. The number of ether oxygens (including phenoxy) is 4. The van der Waals surface area contributed by atoms with Crippen LogP contribution in [0.4, 0.5) is 0 Å². The second kappa shape index (κ2) is 10.0. The van der Waals surface area contributed by atoms with Gasteiger partial charge < -0.3 is 24.1 Å². The monoisotopic (exact) mass is 508 g/mol. The molecule has 1 saturated heterocycles. The molecule has 6 nitrogen and oxygen atoms in total. The molecule has 5 rings (SSSR count). The summed E-state index contributed by atoms with van der Waals surface area (Å²) in [4.78, 5) is 13.0. The minimum absolute atomic E-state index is 0.0538. The molecule has 6 heteroatoms. The van der Waals surface area contributed by atoms with Crippen LogP contribution < -0.4 is 0 Å². The number of methoxy groups -OCH3 is 1. The third kappa shape index (κ3) is 4.18. The second-order valence-electron chi connectivity index (χ2n) is 11.3. The highest BCUT2D eigenvalue weighted by molar-refractivity contribution is 5.90. The average molecular weight is 509 g/mol. The van der Waals surface area contributed by atoms with E-state index >= 15 is 0 Å². The Bertz CT molecular complexity index is 1070. The van der Waals surface area contributed by atoms with Gasteiger partial charge in [0.25, 0.3) is 0 Å². The Kier molecular flexibility index (Phi) is 7.12. The third-order valence-electron chi connectivity index (χ3n) is 9.29. The van der Waals surface area contributed by atoms with E-state index in [1.807, 2.05) is 25.2 Å². The van der Waals surface area contributed by atoms with Crippen LogP contribution in [0.1, 0.15) is 40.0 Å². The molecule has 11 atom stereocenters. The summed E-state index contributed by atoms with van der Waals surface area (Å²) in [5.74, 6) is -0.218. The molecule has 200 valence electrons. The van der Waals surface area contributed by atoms with Crippen molar-refractivity contribution in [3.05, 3.63) is 72.6 Å². The molecule has 0 aromatic rings. The third-order valence-corrected chi connectivity index (χ3v) is 9.29. The Hall–Kier alpha value is -2.41. The maximum absolute atomic E-state index is 13.0. The van der Waals surface area contributed by atoms with Crippen molar-refractivity contribution in [3.63, 3.8) is 0 Å². The van der Waals surface area contributed by atoms with Gasteiger partial charge in [0, 0.05) is 48.7 Å². The van der Waals surface area contributed by atoms with E-state index in [1.165, 1.54) is 0 Å². The fraction of sp³-hybridized carbons (Fsp3) is 0.581. The topological polar surface area (TPSA) is 74.2 Å². The lowest BCUT2D eigenvalue weighted by Crippen LogP contribution is -2.57. The fourth-order valence-corrected chi connectivity index (χ4v) is 7.33. The lowest BCUT2D eigenvalue weighted by molar-refractivity contribution is -0.165. The first kappa shape index (κ1) is 26.2. The van der Waals surface area contributed by atoms with Gasteiger partial charge in [-0.25, -0.2) is 4.79 Å². The first-order valence-electron chi connectivity index (χ1n) is 13.5. The molecule has 1 spiro atoms. The smallest absolute Gasteiger partial charge is 0.334 e. The van der Waals surface area contributed by atoms with Gasteiger partial charge in [0.2, 0.25) is 0 Å². The van der Waals surface area contributed by atoms with Crippen molar-refractivity contribution in [1.29, 1.82) is 0 Å². The Morgan fingerprint density at radius 1 is 1.32 bits per heavy atom. The standard InChI is InChI=1S/C31H40O6/c1-7-10-24-17(2)15-18(3)31-22(16-25(34-6)20(5)35-24)13-14-23-26(31)27(32)19(4)28(29(23)37-31)36-30(33)21-11-8-9-12-21/h7-9,11,13-15,17,19,22-29,32H,1,5,10,12,16H2,2-4,6H3/b18-15+/t17-,19-,22-,23-,24-,25+,26+,27-,28-,29-,31+/m1/s1. The molecular weight excluding hydrogens is 468 g/mol. The van der Waals surface area contributed by atoms with Crippen molar-refractivity contribution in [3.8, 4) is 0 Å². The number of hydrogen-bond acceptors (Lipinski definition) is 6. The first-order chi connectivity index (χ1) is 17.7. The molecule has 0 unspecified atom stereocenters. The van der Waals surface area contributed by atoms with Crippen LogP contribution in [0.25, 0.3) is 0 Å². The van der Waals surface area contributed by atoms with E-state index in [0.717, 1.165) is 5.57 Å². The van der Waals surface area contributed by atoms with Gasteiger partial charge in [0.1, 0.15) is 35.8 Å². The predicted octanol–water partition coefficient (Wildman–Crippen LogP) is 4.83. The van der Waals surface area contributed by atoms with Crippen molar-refractivity contribution in [2.45, 2.75) is 76.2 Å². The van der Waals surface area contributed by atoms with Crippen LogP contribution in [-0.2, 0) is 23.7 Å². The number of carbonyl (C=O) groups excluding carboxylic acids is 1. The van der Waals surface area contributed by atoms with Crippen LogP contribution in [0.3, 0.4) is 0 Å². The van der Waals surface area contributed by atoms with Crippen molar-refractivity contribution in [2.75, 3.05) is 7.11 Å². The molecule has 4 bridgehead atoms. The summed E-state index contributed by atoms with van der Waals surface area (Å²) >= 11 is 0. The quantitative estimate of drug-likeness (QED) is 0.424. The van der Waals surface area contributed by atoms with Crippen LogP contribution in [-0.4, -0.2) is 54.3 Å². The highest BCUT2D eigenvalue weighted by atomic mass is 16.6. The lowest BCUT2D eigenvalue weighted by atomic mass is 9.57. The largest absolute Gasteiger partial charge is 0.492 e. The molecular formula is C31H40O6. The van der Waals surface area contributed by atoms with Gasteiger partial charge in [-0.15, -0.1) is 6.58 Å². The number of aliphatic hydroxyl groups excluding tert-OH is 1. The van der Waals surface area contributed by atoms with Crippen LogP contribution in [0.5, 0.6) is 0 Å². The van der Waals surface area contributed by atoms with Gasteiger partial charge >= 0.3 is 5.97 Å². The fourth-order valence-electron chi connectivity index (χ4n) is 7.33. The highest BCUT2D eigenvalue weighted by Crippen LogP contribution is 2.61. The van der Waals surface area contributed by atoms with Crippen LogP contribution in [0, 0.1) is 29.6 Å². The summed E-state index contributed by atoms with van der Waals surface area (Å²) < 4.78 is 25.3. The molecule has 2 aliphatic heterocycles. The van der Waals surface area contributed by atoms with Crippen molar-refractivity contribution >= 4 is 5.97 Å². The lowest BCUT2D eigenvalue weighted by Gasteiger charge is -2.49. The molecule has 2 heterocycles. The van der Waals surface area contributed by atoms with E-state index in [-0.39, 0.29) is 53.9 Å². The van der Waals surface area contributed by atoms with Crippen LogP contribution >= 0.6 is 0 Å². The number of allylic oxidation sites excluding steroid dienone is 3. The zero-order valence-corrected chi connectivity index (χ0v) is 22.3. The van der Waals surface area contributed by atoms with Gasteiger partial charge in [-0.2, -0.15) is 0 Å². The molecule has 5 aliphatic rings. The maximum atomic E-state index is 13.0. The Balaban J connectivity index is 1.56. The Morgan fingerprint density at radius 3 is 2.78 bits per heavy atom. The molecule has 3 aliphatic carbocycles. The minimum Gasteiger partial charge on any atom is -0.492 e. The predicted molar refractivity (Wildman–Crippen MR) is 141 cm³/mol. The number of rotatable bonds is 5. The molecule has 0 aromatic heterocycles. The van der Waals surface area contributed by atoms with Crippen molar-refractivity contribution in [2.24, 2.45) is 29.6 Å². The minimum atomic E-state index is -0.742. The average Bonchev–Trinajstić information content (AvgIpc) is 3.47. The molecule has 37 heavy (non-hydrogen) atoms. The van der Waals surface area contributed by atoms with E-state index < -0.39 is 17.8 Å². The Labute approximate surface area is 220 Å². The van der Waals surface area contributed by atoms with E-state index in [4.69, 9.17) is 18.9 Å². The van der Waals surface area contributed by atoms with Gasteiger partial charge in [-0.1, -0.05) is 63.0 Å². The van der Waals surface area contributed by atoms with E-state index in [1.54, 1.807) is 13.2 Å². The van der Waals surface area contributed by atoms with Crippen LogP contribution in [0.15, 0.2) is 72.6 Å². The maximum Gasteiger partial charge on any atom is 0.334 e. The van der Waals surface area contributed by atoms with Gasteiger partial charge in [0.15, 0.2) is 0 Å². The number of hydrogen-bond donors (Lipinski definition) is 1. The molecule has 1 N–H and O–H groups in total. The number of esters is 1. The molecule has 0 amide bonds. The summed E-state index contributed by atoms with van der Waals surface area (Å²) in [6, 6.07) is 0. The van der Waals surface area contributed by atoms with Gasteiger partial charge in [-0.3, -0.25) is 0 Å². The van der Waals surface area contributed by atoms with E-state index in [0.29, 0.717) is 30.6 Å². The van der Waals surface area contributed by atoms with Gasteiger partial charge in [-0.05, 0) is 25.3 Å². The normalized spacial score (nSPS) is 45.8. The number of aliphatic hydroxyl groups is 1. The second-order valence-corrected chi connectivity index (χ2v) is 11.3. The molecule has 2 fully saturated rings. The van der Waals surface area contributed by atoms with E-state index in [2.05, 4.69) is 45.2 Å². The van der Waals surface area contributed by atoms with Crippen molar-refractivity contribution in [1.82, 2.24) is 0 Å². The Morgan fingerprint density at radius 2 is 2.11 bits per heavy atom. The zero-order valence-electron chi connectivity index (χ0n) is 22.3. The molecule has 0 radical (unpaired) electrons. The van der Waals surface area contributed by atoms with Gasteiger partial charge in [0.05, 0.1) is 6.10 Å². The molecule has 0 aromatic carbocycles. The van der Waals surface area contributed by atoms with Crippen LogP contribution in [0.2, 0.25) is 0 Å². The zero-order chi connectivity index (χ0) is 26.5. The summed E-state index contributed by atoms with van der Waals surface area (Å²) in [7, 11) is 1.68. The van der Waals surface area contributed by atoms with Crippen molar-refractivity contribution < 1.29 is 28.8 Å². The summed E-state index contributed by atoms with van der Waals surface area (Å²) in [6.45, 7) is 14.3. The molecule has 1 saturated carbocycles. The summed E-state index contributed by atoms with van der Waals surface area (Å²) in [5, 5.41) is 11.8. The summed E-state index contributed by atoms with van der Waals surface area (Å²) in [6.07, 6.45) is 13.9. The highest BCUT2D eigenvalue weighted by Gasteiger charge is 2.68. The first-order valence-corrected chi connectivity index (χ1v) is 13.5. The van der Waals surface area contributed by atoms with E-state index in [9.17, 15) is 9.90 Å².